The average molecular weight is 265 g/mol. The van der Waals surface area contributed by atoms with Crippen LogP contribution in [-0.2, 0) is 6.54 Å². The second kappa shape index (κ2) is 5.59. The lowest BCUT2D eigenvalue weighted by atomic mass is 9.80. The van der Waals surface area contributed by atoms with Crippen molar-refractivity contribution >= 4 is 0 Å². The molecule has 0 bridgehead atoms. The normalized spacial score (nSPS) is 32.8. The summed E-state index contributed by atoms with van der Waals surface area (Å²) in [4.78, 5) is 2.46. The molecule has 2 heterocycles. The van der Waals surface area contributed by atoms with Crippen LogP contribution in [0.1, 0.15) is 49.9 Å². The van der Waals surface area contributed by atoms with Crippen molar-refractivity contribution in [3.05, 3.63) is 11.4 Å². The molecule has 3 unspecified atom stereocenters. The van der Waals surface area contributed by atoms with Crippen LogP contribution in [0.25, 0.3) is 0 Å². The summed E-state index contributed by atoms with van der Waals surface area (Å²) in [5, 5.41) is 18.1. The van der Waals surface area contributed by atoms with Crippen molar-refractivity contribution in [3.63, 3.8) is 0 Å². The summed E-state index contributed by atoms with van der Waals surface area (Å²) >= 11 is 0. The third-order valence-electron chi connectivity index (χ3n) is 4.79. The summed E-state index contributed by atoms with van der Waals surface area (Å²) < 4.78 is 4.78. The second-order valence-corrected chi connectivity index (χ2v) is 5.99. The van der Waals surface area contributed by atoms with Gasteiger partial charge in [-0.3, -0.25) is 4.90 Å². The lowest BCUT2D eigenvalue weighted by Crippen LogP contribution is -2.42. The topological polar surface area (TPSA) is 62.4 Å². The summed E-state index contributed by atoms with van der Waals surface area (Å²) in [6.07, 6.45) is 6.88. The largest absolute Gasteiger partial charge is 0.393 e. The molecule has 1 saturated carbocycles. The first-order valence-electron chi connectivity index (χ1n) is 7.46. The SMILES string of the molecule is Cc1nonc1CN1CCCC1C1CCCCC1O. The van der Waals surface area contributed by atoms with Crippen molar-refractivity contribution in [1.82, 2.24) is 15.2 Å². The summed E-state index contributed by atoms with van der Waals surface area (Å²) in [7, 11) is 0. The van der Waals surface area contributed by atoms with E-state index in [9.17, 15) is 5.11 Å². The molecule has 1 aliphatic heterocycles. The fourth-order valence-corrected chi connectivity index (χ4v) is 3.71. The number of hydrogen-bond acceptors (Lipinski definition) is 5. The van der Waals surface area contributed by atoms with E-state index in [1.54, 1.807) is 0 Å². The van der Waals surface area contributed by atoms with Crippen LogP contribution >= 0.6 is 0 Å². The summed E-state index contributed by atoms with van der Waals surface area (Å²) in [6.45, 7) is 3.84. The summed E-state index contributed by atoms with van der Waals surface area (Å²) in [5.74, 6) is 0.441. The van der Waals surface area contributed by atoms with Gasteiger partial charge in [0.1, 0.15) is 11.4 Å². The highest BCUT2D eigenvalue weighted by Gasteiger charge is 2.37. The van der Waals surface area contributed by atoms with Gasteiger partial charge in [-0.2, -0.15) is 0 Å². The molecule has 1 saturated heterocycles. The van der Waals surface area contributed by atoms with Gasteiger partial charge in [0, 0.05) is 18.5 Å². The van der Waals surface area contributed by atoms with Crippen LogP contribution in [-0.4, -0.2) is 39.0 Å². The Hall–Kier alpha value is -0.940. The fourth-order valence-electron chi connectivity index (χ4n) is 3.71. The molecule has 2 fully saturated rings. The Morgan fingerprint density at radius 1 is 1.21 bits per heavy atom. The Kier molecular flexibility index (Phi) is 3.84. The molecule has 1 aliphatic carbocycles. The molecular formula is C14H23N3O2. The number of rotatable bonds is 3. The zero-order valence-electron chi connectivity index (χ0n) is 11.6. The first kappa shape index (κ1) is 13.1. The zero-order chi connectivity index (χ0) is 13.2. The lowest BCUT2D eigenvalue weighted by Gasteiger charge is -2.37. The first-order valence-corrected chi connectivity index (χ1v) is 7.46. The molecule has 1 aromatic rings. The molecule has 1 aromatic heterocycles. The van der Waals surface area contributed by atoms with Crippen molar-refractivity contribution in [3.8, 4) is 0 Å². The zero-order valence-corrected chi connectivity index (χ0v) is 11.6. The molecule has 2 aliphatic rings. The van der Waals surface area contributed by atoms with E-state index in [4.69, 9.17) is 4.63 Å². The minimum Gasteiger partial charge on any atom is -0.393 e. The van der Waals surface area contributed by atoms with Gasteiger partial charge in [-0.05, 0) is 39.2 Å². The van der Waals surface area contributed by atoms with Crippen LogP contribution in [0, 0.1) is 12.8 Å². The van der Waals surface area contributed by atoms with E-state index in [0.717, 1.165) is 30.9 Å². The lowest BCUT2D eigenvalue weighted by molar-refractivity contribution is 0.0196. The van der Waals surface area contributed by atoms with Gasteiger partial charge in [0.2, 0.25) is 0 Å². The fraction of sp³-hybridized carbons (Fsp3) is 0.857. The predicted molar refractivity (Wildman–Crippen MR) is 70.4 cm³/mol. The van der Waals surface area contributed by atoms with Crippen molar-refractivity contribution in [1.29, 1.82) is 0 Å². The van der Waals surface area contributed by atoms with Crippen LogP contribution in [0.15, 0.2) is 4.63 Å². The molecule has 5 nitrogen and oxygen atoms in total. The maximum Gasteiger partial charge on any atom is 0.122 e. The van der Waals surface area contributed by atoms with E-state index in [2.05, 4.69) is 15.2 Å². The van der Waals surface area contributed by atoms with E-state index in [0.29, 0.717) is 12.0 Å². The van der Waals surface area contributed by atoms with E-state index < -0.39 is 0 Å². The van der Waals surface area contributed by atoms with Gasteiger partial charge in [-0.15, -0.1) is 0 Å². The van der Waals surface area contributed by atoms with Crippen LogP contribution in [0.3, 0.4) is 0 Å². The second-order valence-electron chi connectivity index (χ2n) is 5.99. The van der Waals surface area contributed by atoms with Gasteiger partial charge in [0.15, 0.2) is 0 Å². The van der Waals surface area contributed by atoms with Crippen molar-refractivity contribution in [2.45, 2.75) is 64.1 Å². The number of hydrogen-bond donors (Lipinski definition) is 1. The highest BCUT2D eigenvalue weighted by molar-refractivity contribution is 5.05. The highest BCUT2D eigenvalue weighted by atomic mass is 16.6. The molecule has 5 heteroatoms. The predicted octanol–water partition coefficient (Wildman–Crippen LogP) is 1.89. The highest BCUT2D eigenvalue weighted by Crippen LogP contribution is 2.35. The smallest absolute Gasteiger partial charge is 0.122 e. The van der Waals surface area contributed by atoms with Gasteiger partial charge >= 0.3 is 0 Å². The maximum absolute atomic E-state index is 10.3. The molecule has 1 N–H and O–H groups in total. The molecule has 3 rings (SSSR count). The van der Waals surface area contributed by atoms with Gasteiger partial charge in [0.05, 0.1) is 6.10 Å². The van der Waals surface area contributed by atoms with Crippen molar-refractivity contribution in [2.24, 2.45) is 5.92 Å². The Balaban J connectivity index is 1.69. The van der Waals surface area contributed by atoms with E-state index in [-0.39, 0.29) is 6.10 Å². The van der Waals surface area contributed by atoms with Crippen LogP contribution in [0.5, 0.6) is 0 Å². The Labute approximate surface area is 113 Å². The first-order chi connectivity index (χ1) is 9.25. The summed E-state index contributed by atoms with van der Waals surface area (Å²) in [5.41, 5.74) is 1.83. The molecular weight excluding hydrogens is 242 g/mol. The molecule has 3 atom stereocenters. The minimum atomic E-state index is -0.115. The van der Waals surface area contributed by atoms with Crippen molar-refractivity contribution in [2.75, 3.05) is 6.54 Å². The van der Waals surface area contributed by atoms with Crippen LogP contribution < -0.4 is 0 Å². The number of aliphatic hydroxyl groups excluding tert-OH is 1. The van der Waals surface area contributed by atoms with E-state index in [1.807, 2.05) is 6.92 Å². The molecule has 0 amide bonds. The maximum atomic E-state index is 10.3. The van der Waals surface area contributed by atoms with Gasteiger partial charge < -0.3 is 5.11 Å². The third kappa shape index (κ3) is 2.67. The molecule has 106 valence electrons. The number of aliphatic hydroxyl groups is 1. The molecule has 0 radical (unpaired) electrons. The number of likely N-dealkylation sites (tertiary alicyclic amines) is 1. The third-order valence-corrected chi connectivity index (χ3v) is 4.79. The molecule has 0 spiro atoms. The minimum absolute atomic E-state index is 0.115. The van der Waals surface area contributed by atoms with E-state index in [1.165, 1.54) is 32.1 Å². The number of aromatic nitrogens is 2. The van der Waals surface area contributed by atoms with Gasteiger partial charge in [-0.25, -0.2) is 4.63 Å². The Morgan fingerprint density at radius 2 is 2.05 bits per heavy atom. The standard InChI is InChI=1S/C14H23N3O2/c1-10-12(16-19-15-10)9-17-8-4-6-13(17)11-5-2-3-7-14(11)18/h11,13-14,18H,2-9H2,1H3. The summed E-state index contributed by atoms with van der Waals surface area (Å²) in [6, 6.07) is 0.506. The van der Waals surface area contributed by atoms with Gasteiger partial charge in [-0.1, -0.05) is 23.2 Å². The number of nitrogens with zero attached hydrogens (tertiary/aromatic N) is 3. The van der Waals surface area contributed by atoms with Crippen LogP contribution in [0.2, 0.25) is 0 Å². The molecule has 0 aromatic carbocycles. The van der Waals surface area contributed by atoms with E-state index >= 15 is 0 Å². The van der Waals surface area contributed by atoms with Crippen LogP contribution in [0.4, 0.5) is 0 Å². The van der Waals surface area contributed by atoms with Gasteiger partial charge in [0.25, 0.3) is 0 Å². The number of aryl methyl sites for hydroxylation is 1. The Bertz CT molecular complexity index is 421. The monoisotopic (exact) mass is 265 g/mol. The average Bonchev–Trinajstić information content (AvgIpc) is 3.01. The Morgan fingerprint density at radius 3 is 2.79 bits per heavy atom. The quantitative estimate of drug-likeness (QED) is 0.904. The van der Waals surface area contributed by atoms with Crippen molar-refractivity contribution < 1.29 is 9.74 Å². The molecule has 19 heavy (non-hydrogen) atoms.